The Hall–Kier alpha value is -1.91. The van der Waals surface area contributed by atoms with Crippen LogP contribution in [-0.2, 0) is 11.2 Å². The van der Waals surface area contributed by atoms with Gasteiger partial charge in [0.05, 0.1) is 0 Å². The van der Waals surface area contributed by atoms with E-state index in [0.717, 1.165) is 12.6 Å². The molecule has 0 heterocycles. The molecule has 0 bridgehead atoms. The maximum atomic E-state index is 12.5. The molecule has 1 rings (SSSR count). The van der Waals surface area contributed by atoms with Gasteiger partial charge in [-0.2, -0.15) is 5.12 Å². The molecule has 1 aromatic rings. The molecule has 5 heteroatoms. The fourth-order valence-corrected chi connectivity index (χ4v) is 1.24. The van der Waals surface area contributed by atoms with E-state index in [1.165, 1.54) is 12.1 Å². The van der Waals surface area contributed by atoms with Gasteiger partial charge < -0.3 is 5.11 Å². The maximum Gasteiger partial charge on any atom is 0.303 e. The number of carbonyl (C=O) groups is 2. The Kier molecular flexibility index (Phi) is 3.99. The first-order valence-electron chi connectivity index (χ1n) is 4.75. The first-order chi connectivity index (χ1) is 7.50. The second kappa shape index (κ2) is 5.25. The van der Waals surface area contributed by atoms with Crippen LogP contribution in [-0.4, -0.2) is 29.2 Å². The van der Waals surface area contributed by atoms with E-state index in [4.69, 9.17) is 5.11 Å². The zero-order chi connectivity index (χ0) is 12.1. The third-order valence-electron chi connectivity index (χ3n) is 2.11. The first-order valence-corrected chi connectivity index (χ1v) is 4.75. The molecule has 86 valence electrons. The van der Waals surface area contributed by atoms with E-state index in [9.17, 15) is 14.1 Å². The fraction of sp³-hybridized carbons (Fsp3) is 0.273. The van der Waals surface area contributed by atoms with Crippen molar-refractivity contribution in [3.8, 4) is 0 Å². The Bertz CT molecular complexity index is 387. The van der Waals surface area contributed by atoms with E-state index in [1.54, 1.807) is 12.1 Å². The summed E-state index contributed by atoms with van der Waals surface area (Å²) in [6, 6.07) is 6.21. The Morgan fingerprint density at radius 1 is 1.31 bits per heavy atom. The molecular formula is C11H12FNO3. The molecule has 0 saturated carbocycles. The molecule has 0 atom stereocenters. The molecule has 0 spiro atoms. The molecule has 0 radical (unpaired) electrons. The van der Waals surface area contributed by atoms with Gasteiger partial charge in [-0.25, -0.2) is 0 Å². The highest BCUT2D eigenvalue weighted by atomic mass is 19.2. The van der Waals surface area contributed by atoms with Crippen LogP contribution in [0.15, 0.2) is 24.3 Å². The first kappa shape index (κ1) is 12.2. The highest BCUT2D eigenvalue weighted by Gasteiger charge is 2.10. The van der Waals surface area contributed by atoms with Crippen LogP contribution in [0.5, 0.6) is 0 Å². The topological polar surface area (TPSA) is 57.6 Å². The van der Waals surface area contributed by atoms with Crippen LogP contribution in [0.3, 0.4) is 0 Å². The van der Waals surface area contributed by atoms with Crippen molar-refractivity contribution in [3.05, 3.63) is 35.4 Å². The van der Waals surface area contributed by atoms with Crippen LogP contribution >= 0.6 is 0 Å². The van der Waals surface area contributed by atoms with Gasteiger partial charge in [-0.1, -0.05) is 16.6 Å². The molecule has 1 N–H and O–H groups in total. The fourth-order valence-electron chi connectivity index (χ4n) is 1.24. The monoisotopic (exact) mass is 225 g/mol. The second-order valence-corrected chi connectivity index (χ2v) is 3.37. The Morgan fingerprint density at radius 3 is 2.31 bits per heavy atom. The molecule has 0 aliphatic heterocycles. The number of carboxylic acid groups (broad SMARTS) is 1. The third kappa shape index (κ3) is 3.34. The van der Waals surface area contributed by atoms with Gasteiger partial charge in [-0.3, -0.25) is 9.59 Å². The van der Waals surface area contributed by atoms with Crippen LogP contribution in [0.1, 0.15) is 22.3 Å². The zero-order valence-corrected chi connectivity index (χ0v) is 8.81. The minimum absolute atomic E-state index is 0.00621. The highest BCUT2D eigenvalue weighted by molar-refractivity contribution is 5.93. The van der Waals surface area contributed by atoms with Gasteiger partial charge in [0.15, 0.2) is 0 Å². The molecule has 1 aromatic carbocycles. The molecule has 0 saturated heterocycles. The van der Waals surface area contributed by atoms with Gasteiger partial charge in [0, 0.05) is 19.0 Å². The number of carboxylic acids is 1. The van der Waals surface area contributed by atoms with Crippen LogP contribution < -0.4 is 0 Å². The Morgan fingerprint density at radius 2 is 1.88 bits per heavy atom. The molecular weight excluding hydrogens is 213 g/mol. The lowest BCUT2D eigenvalue weighted by Gasteiger charge is -2.05. The largest absolute Gasteiger partial charge is 0.481 e. The van der Waals surface area contributed by atoms with Crippen molar-refractivity contribution < 1.29 is 19.2 Å². The van der Waals surface area contributed by atoms with Crippen molar-refractivity contribution in [2.75, 3.05) is 7.05 Å². The quantitative estimate of drug-likeness (QED) is 0.793. The number of halogens is 1. The smallest absolute Gasteiger partial charge is 0.303 e. The molecule has 0 aliphatic rings. The SMILES string of the molecule is CN(F)C(=O)c1ccc(CCC(=O)O)cc1. The number of hydrogen-bond donors (Lipinski definition) is 1. The van der Waals surface area contributed by atoms with Crippen molar-refractivity contribution >= 4 is 11.9 Å². The van der Waals surface area contributed by atoms with E-state index in [0.29, 0.717) is 6.42 Å². The Balaban J connectivity index is 2.68. The molecule has 0 unspecified atom stereocenters. The predicted molar refractivity (Wildman–Crippen MR) is 55.6 cm³/mol. The van der Waals surface area contributed by atoms with Gasteiger partial charge in [-0.15, -0.1) is 0 Å². The average Bonchev–Trinajstić information content (AvgIpc) is 2.26. The van der Waals surface area contributed by atoms with Crippen LogP contribution in [0.2, 0.25) is 0 Å². The number of rotatable bonds is 4. The molecule has 0 aromatic heterocycles. The van der Waals surface area contributed by atoms with E-state index >= 15 is 0 Å². The number of benzene rings is 1. The molecule has 16 heavy (non-hydrogen) atoms. The molecule has 0 fully saturated rings. The molecule has 4 nitrogen and oxygen atoms in total. The van der Waals surface area contributed by atoms with Gasteiger partial charge >= 0.3 is 5.97 Å². The normalized spacial score (nSPS) is 9.88. The average molecular weight is 225 g/mol. The van der Waals surface area contributed by atoms with Gasteiger partial charge in [0.2, 0.25) is 0 Å². The number of hydrogen-bond acceptors (Lipinski definition) is 2. The lowest BCUT2D eigenvalue weighted by Crippen LogP contribution is -2.17. The van der Waals surface area contributed by atoms with Gasteiger partial charge in [0.1, 0.15) is 0 Å². The summed E-state index contributed by atoms with van der Waals surface area (Å²) in [6.07, 6.45) is 0.436. The van der Waals surface area contributed by atoms with Crippen molar-refractivity contribution in [1.29, 1.82) is 0 Å². The van der Waals surface area contributed by atoms with Crippen molar-refractivity contribution in [1.82, 2.24) is 5.12 Å². The number of carbonyl (C=O) groups excluding carboxylic acids is 1. The van der Waals surface area contributed by atoms with E-state index in [1.807, 2.05) is 0 Å². The van der Waals surface area contributed by atoms with Crippen LogP contribution in [0.4, 0.5) is 4.48 Å². The number of aliphatic carboxylic acids is 1. The van der Waals surface area contributed by atoms with Gasteiger partial charge in [0.25, 0.3) is 5.91 Å². The van der Waals surface area contributed by atoms with E-state index in [-0.39, 0.29) is 17.1 Å². The lowest BCUT2D eigenvalue weighted by molar-refractivity contribution is -0.136. The molecule has 1 amide bonds. The summed E-state index contributed by atoms with van der Waals surface area (Å²) in [5, 5.41) is 8.49. The van der Waals surface area contributed by atoms with E-state index < -0.39 is 11.9 Å². The summed E-state index contributed by atoms with van der Waals surface area (Å²) in [5.74, 6) is -1.59. The number of amides is 1. The van der Waals surface area contributed by atoms with Gasteiger partial charge in [-0.05, 0) is 24.1 Å². The third-order valence-corrected chi connectivity index (χ3v) is 2.11. The predicted octanol–water partition coefficient (Wildman–Crippen LogP) is 1.66. The highest BCUT2D eigenvalue weighted by Crippen LogP contribution is 2.09. The van der Waals surface area contributed by atoms with Crippen molar-refractivity contribution in [2.24, 2.45) is 0 Å². The Labute approximate surface area is 92.2 Å². The lowest BCUT2D eigenvalue weighted by atomic mass is 10.1. The summed E-state index contributed by atoms with van der Waals surface area (Å²) in [4.78, 5) is 21.5. The number of aryl methyl sites for hydroxylation is 1. The maximum absolute atomic E-state index is 12.5. The summed E-state index contributed by atoms with van der Waals surface area (Å²) >= 11 is 0. The van der Waals surface area contributed by atoms with Crippen molar-refractivity contribution in [2.45, 2.75) is 12.8 Å². The van der Waals surface area contributed by atoms with Crippen LogP contribution in [0, 0.1) is 0 Å². The second-order valence-electron chi connectivity index (χ2n) is 3.37. The molecule has 0 aliphatic carbocycles. The summed E-state index contributed by atoms with van der Waals surface area (Å²) in [5.41, 5.74) is 1.05. The van der Waals surface area contributed by atoms with Crippen molar-refractivity contribution in [3.63, 3.8) is 0 Å². The van der Waals surface area contributed by atoms with E-state index in [2.05, 4.69) is 0 Å². The minimum Gasteiger partial charge on any atom is -0.481 e. The minimum atomic E-state index is -0.872. The standard InChI is InChI=1S/C11H12FNO3/c1-13(12)11(16)9-5-2-8(3-6-9)4-7-10(14)15/h2-3,5-6H,4,7H2,1H3,(H,14,15). The zero-order valence-electron chi connectivity index (χ0n) is 8.81. The summed E-state index contributed by atoms with van der Waals surface area (Å²) in [6.45, 7) is 0. The number of nitrogens with zero attached hydrogens (tertiary/aromatic N) is 1. The van der Waals surface area contributed by atoms with Crippen LogP contribution in [0.25, 0.3) is 0 Å². The summed E-state index contributed by atoms with van der Waals surface area (Å²) < 4.78 is 12.5. The summed E-state index contributed by atoms with van der Waals surface area (Å²) in [7, 11) is 1.03.